The molecule has 1 heterocycles. The van der Waals surface area contributed by atoms with E-state index in [9.17, 15) is 30.3 Å². The monoisotopic (exact) mass is 968 g/mol. The maximum absolute atomic E-state index is 13.1. The summed E-state index contributed by atoms with van der Waals surface area (Å²) in [6.07, 6.45) is 52.9. The maximum atomic E-state index is 13.1. The average Bonchev–Trinajstić information content (AvgIpc) is 3.34. The first-order chi connectivity index (χ1) is 33.3. The van der Waals surface area contributed by atoms with E-state index in [0.29, 0.717) is 12.8 Å². The second kappa shape index (κ2) is 49.8. The van der Waals surface area contributed by atoms with Crippen LogP contribution in [0.15, 0.2) is 0 Å². The number of hydrogen-bond acceptors (Lipinski definition) is 8. The van der Waals surface area contributed by atoms with Crippen molar-refractivity contribution in [2.75, 3.05) is 13.2 Å². The highest BCUT2D eigenvalue weighted by Gasteiger charge is 2.44. The molecule has 2 unspecified atom stereocenters. The zero-order valence-electron chi connectivity index (χ0n) is 45.2. The number of nitrogens with one attached hydrogen (secondary N) is 1. The van der Waals surface area contributed by atoms with Gasteiger partial charge in [-0.2, -0.15) is 0 Å². The quantitative estimate of drug-likeness (QED) is 0.0330. The number of carbonyl (C=O) groups excluding carboxylic acids is 1. The van der Waals surface area contributed by atoms with Crippen molar-refractivity contribution in [3.8, 4) is 0 Å². The third-order valence-electron chi connectivity index (χ3n) is 15.0. The normalized spacial score (nSPS) is 19.4. The van der Waals surface area contributed by atoms with E-state index in [2.05, 4.69) is 19.2 Å². The first kappa shape index (κ1) is 65.2. The molecule has 0 aliphatic carbocycles. The Kier molecular flexibility index (Phi) is 47.7. The number of unbranched alkanes of at least 4 members (excludes halogenated alkanes) is 43. The van der Waals surface area contributed by atoms with E-state index in [1.807, 2.05) is 0 Å². The van der Waals surface area contributed by atoms with Crippen LogP contribution in [0.25, 0.3) is 0 Å². The van der Waals surface area contributed by atoms with Crippen molar-refractivity contribution in [1.29, 1.82) is 0 Å². The molecule has 1 saturated heterocycles. The molecule has 0 saturated carbocycles. The molecule has 68 heavy (non-hydrogen) atoms. The first-order valence-corrected chi connectivity index (χ1v) is 30.2. The molecule has 1 fully saturated rings. The van der Waals surface area contributed by atoms with Crippen molar-refractivity contribution in [2.45, 2.75) is 358 Å². The summed E-state index contributed by atoms with van der Waals surface area (Å²) < 4.78 is 11.3. The summed E-state index contributed by atoms with van der Waals surface area (Å²) in [5.41, 5.74) is 0. The lowest BCUT2D eigenvalue weighted by Gasteiger charge is -2.40. The fourth-order valence-corrected chi connectivity index (χ4v) is 10.2. The second-order valence-corrected chi connectivity index (χ2v) is 21.5. The van der Waals surface area contributed by atoms with Gasteiger partial charge in [0, 0.05) is 6.42 Å². The molecule has 9 nitrogen and oxygen atoms in total. The van der Waals surface area contributed by atoms with Crippen molar-refractivity contribution in [3.05, 3.63) is 0 Å². The van der Waals surface area contributed by atoms with Gasteiger partial charge in [0.05, 0.1) is 25.4 Å². The van der Waals surface area contributed by atoms with Crippen LogP contribution in [0.1, 0.15) is 316 Å². The van der Waals surface area contributed by atoms with Crippen molar-refractivity contribution in [3.63, 3.8) is 0 Å². The lowest BCUT2D eigenvalue weighted by atomic mass is 9.99. The molecule has 0 bridgehead atoms. The number of aliphatic hydroxyl groups excluding tert-OH is 5. The Hall–Kier alpha value is -0.810. The van der Waals surface area contributed by atoms with E-state index in [4.69, 9.17) is 9.47 Å². The Labute approximate surface area is 421 Å². The Morgan fingerprint density at radius 1 is 0.441 bits per heavy atom. The van der Waals surface area contributed by atoms with E-state index < -0.39 is 49.5 Å². The highest BCUT2D eigenvalue weighted by atomic mass is 16.7. The van der Waals surface area contributed by atoms with Crippen molar-refractivity contribution in [2.24, 2.45) is 0 Å². The van der Waals surface area contributed by atoms with Crippen LogP contribution in [0.3, 0.4) is 0 Å². The lowest BCUT2D eigenvalue weighted by Crippen LogP contribution is -2.60. The molecule has 0 aromatic heterocycles. The predicted octanol–water partition coefficient (Wildman–Crippen LogP) is 15.0. The summed E-state index contributed by atoms with van der Waals surface area (Å²) >= 11 is 0. The zero-order chi connectivity index (χ0) is 49.4. The van der Waals surface area contributed by atoms with Gasteiger partial charge >= 0.3 is 0 Å². The molecular formula is C59H117NO8. The van der Waals surface area contributed by atoms with Crippen LogP contribution < -0.4 is 5.32 Å². The van der Waals surface area contributed by atoms with Crippen molar-refractivity contribution >= 4 is 5.91 Å². The molecule has 9 heteroatoms. The number of amides is 1. The van der Waals surface area contributed by atoms with E-state index in [-0.39, 0.29) is 12.5 Å². The summed E-state index contributed by atoms with van der Waals surface area (Å²) in [6.45, 7) is 3.89. The highest BCUT2D eigenvalue weighted by molar-refractivity contribution is 5.76. The minimum Gasteiger partial charge on any atom is -0.394 e. The fraction of sp³-hybridized carbons (Fsp3) is 0.983. The predicted molar refractivity (Wildman–Crippen MR) is 286 cm³/mol. The summed E-state index contributed by atoms with van der Waals surface area (Å²) in [7, 11) is 0. The number of ether oxygens (including phenoxy) is 2. The van der Waals surface area contributed by atoms with Gasteiger partial charge in [0.25, 0.3) is 0 Å². The molecule has 1 rings (SSSR count). The van der Waals surface area contributed by atoms with Crippen LogP contribution in [0.2, 0.25) is 0 Å². The van der Waals surface area contributed by atoms with Gasteiger partial charge in [0.1, 0.15) is 24.4 Å². The SMILES string of the molecule is CCCCCCCCCCCCCCCCCCCCCCCCCCCCCCC(=O)N[C@@H](CO[C@@H]1O[C@H](CO)[C@H](O)C(O)C1O)[C@H](O)CCCCCCCCCCCCCCCCCCC. The zero-order valence-corrected chi connectivity index (χ0v) is 45.2. The Morgan fingerprint density at radius 2 is 0.735 bits per heavy atom. The smallest absolute Gasteiger partial charge is 0.220 e. The highest BCUT2D eigenvalue weighted by Crippen LogP contribution is 2.24. The van der Waals surface area contributed by atoms with Crippen molar-refractivity contribution < 1.29 is 39.8 Å². The topological polar surface area (TPSA) is 149 Å². The van der Waals surface area contributed by atoms with Gasteiger partial charge in [-0.25, -0.2) is 0 Å². The van der Waals surface area contributed by atoms with Crippen LogP contribution >= 0.6 is 0 Å². The van der Waals surface area contributed by atoms with Gasteiger partial charge < -0.3 is 40.3 Å². The average molecular weight is 969 g/mol. The number of rotatable bonds is 53. The standard InChI is InChI=1S/C59H117NO8/c1-3-5-7-9-11-13-15-17-19-21-22-23-24-25-26-27-28-29-30-31-33-35-37-39-41-43-45-47-49-55(63)60-52(51-67-59-58(66)57(65)56(64)54(50-61)68-59)53(62)48-46-44-42-40-38-36-34-32-20-18-16-14-12-10-8-6-4-2/h52-54,56-59,61-62,64-66H,3-51H2,1-2H3,(H,60,63)/t52-,53+,54+,56-,57?,58?,59+/m0/s1. The summed E-state index contributed by atoms with van der Waals surface area (Å²) in [5, 5.41) is 54.7. The van der Waals surface area contributed by atoms with Crippen LogP contribution in [0.4, 0.5) is 0 Å². The summed E-state index contributed by atoms with van der Waals surface area (Å²) in [6, 6.07) is -0.713. The third-order valence-corrected chi connectivity index (χ3v) is 15.0. The Balaban J connectivity index is 2.13. The van der Waals surface area contributed by atoms with Crippen molar-refractivity contribution in [1.82, 2.24) is 5.32 Å². The van der Waals surface area contributed by atoms with Gasteiger partial charge in [-0.15, -0.1) is 0 Å². The largest absolute Gasteiger partial charge is 0.394 e. The molecule has 0 spiro atoms. The van der Waals surface area contributed by atoms with Crippen LogP contribution in [-0.2, 0) is 14.3 Å². The summed E-state index contributed by atoms with van der Waals surface area (Å²) in [4.78, 5) is 13.1. The first-order valence-electron chi connectivity index (χ1n) is 30.2. The number of carbonyl (C=O) groups is 1. The van der Waals surface area contributed by atoms with Gasteiger partial charge in [-0.3, -0.25) is 4.79 Å². The van der Waals surface area contributed by atoms with E-state index in [0.717, 1.165) is 38.5 Å². The lowest BCUT2D eigenvalue weighted by molar-refractivity contribution is -0.302. The van der Waals surface area contributed by atoms with E-state index >= 15 is 0 Å². The van der Waals surface area contributed by atoms with E-state index in [1.165, 1.54) is 250 Å². The molecule has 6 N–H and O–H groups in total. The Morgan fingerprint density at radius 3 is 1.04 bits per heavy atom. The van der Waals surface area contributed by atoms with Gasteiger partial charge in [0.2, 0.25) is 5.91 Å². The molecule has 0 radical (unpaired) electrons. The number of aliphatic hydroxyl groups is 5. The molecule has 1 aliphatic heterocycles. The minimum absolute atomic E-state index is 0.131. The van der Waals surface area contributed by atoms with Crippen LogP contribution in [-0.4, -0.2) is 87.5 Å². The fourth-order valence-electron chi connectivity index (χ4n) is 10.2. The maximum Gasteiger partial charge on any atom is 0.220 e. The molecule has 1 amide bonds. The third kappa shape index (κ3) is 38.8. The number of hydrogen-bond donors (Lipinski definition) is 6. The second-order valence-electron chi connectivity index (χ2n) is 21.5. The summed E-state index contributed by atoms with van der Waals surface area (Å²) in [5.74, 6) is -0.135. The Bertz CT molecular complexity index is 1030. The minimum atomic E-state index is -1.55. The molecule has 0 aromatic carbocycles. The van der Waals surface area contributed by atoms with Crippen LogP contribution in [0.5, 0.6) is 0 Å². The molecule has 7 atom stereocenters. The molecule has 1 aliphatic rings. The van der Waals surface area contributed by atoms with Gasteiger partial charge in [0.15, 0.2) is 6.29 Å². The van der Waals surface area contributed by atoms with Crippen LogP contribution in [0, 0.1) is 0 Å². The van der Waals surface area contributed by atoms with Gasteiger partial charge in [-0.05, 0) is 12.8 Å². The molecule has 406 valence electrons. The van der Waals surface area contributed by atoms with Gasteiger partial charge in [-0.1, -0.05) is 296 Å². The molecular weight excluding hydrogens is 851 g/mol. The molecule has 0 aromatic rings. The van der Waals surface area contributed by atoms with E-state index in [1.54, 1.807) is 0 Å².